The van der Waals surface area contributed by atoms with E-state index in [-0.39, 0.29) is 18.0 Å². The van der Waals surface area contributed by atoms with Crippen LogP contribution < -0.4 is 15.5 Å². The van der Waals surface area contributed by atoms with Gasteiger partial charge in [-0.05, 0) is 43.5 Å². The van der Waals surface area contributed by atoms with Crippen LogP contribution in [-0.4, -0.2) is 72.1 Å². The lowest BCUT2D eigenvalue weighted by molar-refractivity contribution is 0.0254. The maximum absolute atomic E-state index is 13.4. The van der Waals surface area contributed by atoms with Gasteiger partial charge in [0.25, 0.3) is 0 Å². The molecule has 0 amide bonds. The van der Waals surface area contributed by atoms with E-state index in [2.05, 4.69) is 45.9 Å². The van der Waals surface area contributed by atoms with Gasteiger partial charge in [0.2, 0.25) is 5.95 Å². The van der Waals surface area contributed by atoms with Gasteiger partial charge in [-0.25, -0.2) is 24.3 Å². The normalized spacial score (nSPS) is 20.7. The Balaban J connectivity index is 1.05. The molecule has 5 heterocycles. The summed E-state index contributed by atoms with van der Waals surface area (Å²) in [6, 6.07) is 8.31. The average Bonchev–Trinajstić information content (AvgIpc) is 3.64. The van der Waals surface area contributed by atoms with Crippen LogP contribution in [0.25, 0.3) is 22.3 Å². The largest absolute Gasteiger partial charge is 0.391 e. The van der Waals surface area contributed by atoms with Gasteiger partial charge in [0.1, 0.15) is 23.6 Å². The van der Waals surface area contributed by atoms with Crippen molar-refractivity contribution in [2.24, 2.45) is 5.73 Å². The molecule has 0 radical (unpaired) electrons. The number of nitrogens with one attached hydrogen (secondary N) is 1. The molecule has 1 aliphatic carbocycles. The van der Waals surface area contributed by atoms with Gasteiger partial charge >= 0.3 is 0 Å². The van der Waals surface area contributed by atoms with Gasteiger partial charge in [-0.15, -0.1) is 0 Å². The third-order valence-corrected chi connectivity index (χ3v) is 8.40. The van der Waals surface area contributed by atoms with Crippen LogP contribution in [-0.2, 0) is 5.54 Å². The zero-order valence-electron chi connectivity index (χ0n) is 22.7. The van der Waals surface area contributed by atoms with Gasteiger partial charge in [0.15, 0.2) is 0 Å². The highest BCUT2D eigenvalue weighted by molar-refractivity contribution is 5.91. The number of aliphatic hydroxyl groups is 1. The zero-order chi connectivity index (χ0) is 28.1. The average molecular weight is 555 g/mol. The molecule has 1 aromatic carbocycles. The highest BCUT2D eigenvalue weighted by Crippen LogP contribution is 2.34. The number of nitrogens with two attached hydrogens (primary N) is 1. The first-order valence-electron chi connectivity index (χ1n) is 13.8. The lowest BCUT2D eigenvalue weighted by atomic mass is 9.87. The molecule has 41 heavy (non-hydrogen) atoms. The number of piperazine rings is 1. The van der Waals surface area contributed by atoms with E-state index in [9.17, 15) is 9.50 Å². The molecule has 4 N–H and O–H groups in total. The summed E-state index contributed by atoms with van der Waals surface area (Å²) in [4.78, 5) is 26.1. The van der Waals surface area contributed by atoms with Crippen molar-refractivity contribution in [3.8, 4) is 11.3 Å². The molecule has 1 saturated carbocycles. The number of rotatable bonds is 6. The van der Waals surface area contributed by atoms with Crippen molar-refractivity contribution >= 4 is 22.8 Å². The monoisotopic (exact) mass is 554 g/mol. The number of halogens is 1. The summed E-state index contributed by atoms with van der Waals surface area (Å²) < 4.78 is 15.2. The lowest BCUT2D eigenvalue weighted by Crippen LogP contribution is -2.47. The van der Waals surface area contributed by atoms with Crippen molar-refractivity contribution in [3.05, 3.63) is 78.4 Å². The van der Waals surface area contributed by atoms with Crippen LogP contribution in [0.2, 0.25) is 0 Å². The van der Waals surface area contributed by atoms with Crippen LogP contribution in [0.15, 0.2) is 61.4 Å². The lowest BCUT2D eigenvalue weighted by Gasteiger charge is -2.35. The van der Waals surface area contributed by atoms with Crippen molar-refractivity contribution in [1.29, 1.82) is 0 Å². The highest BCUT2D eigenvalue weighted by atomic mass is 19.1. The standard InChI is InChI=1S/C29H31FN10O/c1-29(31,19-2-4-21(30)5-3-19)20-14-32-28(33-15-20)39-10-8-38(9-11-39)27-22-12-23(37-26(22)34-17-35-27)18-13-36-40(16-18)24-6-7-25(24)41/h2-5,12-17,24-25,41H,6-11,31H2,1H3,(H,34,35,37)/t24-,25-,29-/m0/s1. The predicted molar refractivity (Wildman–Crippen MR) is 153 cm³/mol. The van der Waals surface area contributed by atoms with Crippen molar-refractivity contribution < 1.29 is 9.50 Å². The summed E-state index contributed by atoms with van der Waals surface area (Å²) in [6.07, 6.45) is 10.3. The zero-order valence-corrected chi connectivity index (χ0v) is 22.7. The number of fused-ring (bicyclic) bond motifs is 1. The molecule has 11 nitrogen and oxygen atoms in total. The van der Waals surface area contributed by atoms with Crippen LogP contribution in [0.4, 0.5) is 16.2 Å². The fourth-order valence-electron chi connectivity index (χ4n) is 5.60. The number of nitrogens with zero attached hydrogens (tertiary/aromatic N) is 8. The third-order valence-electron chi connectivity index (χ3n) is 8.40. The van der Waals surface area contributed by atoms with E-state index >= 15 is 0 Å². The number of H-pyrrole nitrogens is 1. The maximum atomic E-state index is 13.4. The van der Waals surface area contributed by atoms with E-state index < -0.39 is 5.54 Å². The minimum absolute atomic E-state index is 0.0505. The Morgan fingerprint density at radius 2 is 1.68 bits per heavy atom. The number of anilines is 2. The molecule has 7 rings (SSSR count). The van der Waals surface area contributed by atoms with Gasteiger partial charge < -0.3 is 25.6 Å². The summed E-state index contributed by atoms with van der Waals surface area (Å²) in [5.41, 5.74) is 9.93. The summed E-state index contributed by atoms with van der Waals surface area (Å²) in [5, 5.41) is 15.4. The minimum Gasteiger partial charge on any atom is -0.391 e. The van der Waals surface area contributed by atoms with Crippen molar-refractivity contribution in [1.82, 2.24) is 34.7 Å². The summed E-state index contributed by atoms with van der Waals surface area (Å²) >= 11 is 0. The van der Waals surface area contributed by atoms with Crippen LogP contribution in [0.3, 0.4) is 0 Å². The van der Waals surface area contributed by atoms with Crippen LogP contribution in [0.5, 0.6) is 0 Å². The smallest absolute Gasteiger partial charge is 0.225 e. The molecule has 1 saturated heterocycles. The number of hydrogen-bond donors (Lipinski definition) is 3. The fourth-order valence-corrected chi connectivity index (χ4v) is 5.60. The van der Waals surface area contributed by atoms with Crippen molar-refractivity contribution in [2.45, 2.75) is 37.5 Å². The Bertz CT molecular complexity index is 1670. The molecule has 2 aliphatic rings. The molecule has 5 aromatic rings. The minimum atomic E-state index is -0.837. The van der Waals surface area contributed by atoms with E-state index in [1.807, 2.05) is 24.0 Å². The Morgan fingerprint density at radius 3 is 2.37 bits per heavy atom. The van der Waals surface area contributed by atoms with Crippen molar-refractivity contribution in [2.75, 3.05) is 36.0 Å². The molecule has 4 aromatic heterocycles. The predicted octanol–water partition coefficient (Wildman–Crippen LogP) is 3.00. The second-order valence-corrected chi connectivity index (χ2v) is 11.0. The first kappa shape index (κ1) is 25.5. The van der Waals surface area contributed by atoms with Gasteiger partial charge in [-0.3, -0.25) is 4.68 Å². The number of aliphatic hydroxyl groups excluding tert-OH is 1. The molecule has 12 heteroatoms. The van der Waals surface area contributed by atoms with Crippen LogP contribution in [0, 0.1) is 5.82 Å². The van der Waals surface area contributed by atoms with Gasteiger partial charge in [0, 0.05) is 55.9 Å². The number of aromatic nitrogens is 7. The van der Waals surface area contributed by atoms with E-state index in [0.29, 0.717) is 5.95 Å². The van der Waals surface area contributed by atoms with E-state index in [4.69, 9.17) is 5.73 Å². The summed E-state index contributed by atoms with van der Waals surface area (Å²) in [5.74, 6) is 1.23. The maximum Gasteiger partial charge on any atom is 0.225 e. The Labute approximate surface area is 235 Å². The molecule has 2 fully saturated rings. The molecule has 0 unspecified atom stereocenters. The van der Waals surface area contributed by atoms with Gasteiger partial charge in [0.05, 0.1) is 35.0 Å². The number of benzene rings is 1. The quantitative estimate of drug-likeness (QED) is 0.289. The van der Waals surface area contributed by atoms with Crippen LogP contribution in [0.1, 0.15) is 36.9 Å². The molecule has 210 valence electrons. The molecule has 1 aliphatic heterocycles. The SMILES string of the molecule is C[C@](N)(c1ccc(F)cc1)c1cnc(N2CCN(c3ncnc4[nH]c(-c5cnn([C@H]6CC[C@@H]6O)c5)cc34)CC2)nc1. The fraction of sp³-hybridized carbons (Fsp3) is 0.345. The van der Waals surface area contributed by atoms with Gasteiger partial charge in [-0.2, -0.15) is 5.10 Å². The summed E-state index contributed by atoms with van der Waals surface area (Å²) in [6.45, 7) is 4.84. The van der Waals surface area contributed by atoms with Gasteiger partial charge in [-0.1, -0.05) is 12.1 Å². The topological polar surface area (TPSA) is 138 Å². The van der Waals surface area contributed by atoms with E-state index in [1.54, 1.807) is 30.9 Å². The molecule has 0 bridgehead atoms. The highest BCUT2D eigenvalue weighted by Gasteiger charge is 2.31. The molecular formula is C29H31FN10O. The Kier molecular flexibility index (Phi) is 6.16. The van der Waals surface area contributed by atoms with Crippen LogP contribution >= 0.6 is 0 Å². The molecule has 3 atom stereocenters. The summed E-state index contributed by atoms with van der Waals surface area (Å²) in [7, 11) is 0. The Morgan fingerprint density at radius 1 is 0.951 bits per heavy atom. The molecule has 0 spiro atoms. The third kappa shape index (κ3) is 4.58. The Hall–Kier alpha value is -4.42. The second-order valence-electron chi connectivity index (χ2n) is 11.0. The second kappa shape index (κ2) is 9.89. The first-order valence-corrected chi connectivity index (χ1v) is 13.8. The van der Waals surface area contributed by atoms with E-state index in [1.165, 1.54) is 12.1 Å². The number of aromatic amines is 1. The number of hydrogen-bond acceptors (Lipinski definition) is 9. The first-order chi connectivity index (χ1) is 19.9. The molecular weight excluding hydrogens is 523 g/mol. The van der Waals surface area contributed by atoms with E-state index in [0.717, 1.165) is 78.3 Å². The van der Waals surface area contributed by atoms with Crippen molar-refractivity contribution in [3.63, 3.8) is 0 Å².